The van der Waals surface area contributed by atoms with E-state index in [1.165, 1.54) is 18.2 Å². The van der Waals surface area contributed by atoms with E-state index in [-0.39, 0.29) is 53.9 Å². The Kier molecular flexibility index (Phi) is 5.60. The minimum absolute atomic E-state index is 0.00649. The summed E-state index contributed by atoms with van der Waals surface area (Å²) in [5, 5.41) is 44.3. The van der Waals surface area contributed by atoms with Gasteiger partial charge in [-0.3, -0.25) is 24.5 Å². The lowest BCUT2D eigenvalue weighted by molar-refractivity contribution is -0.384. The zero-order valence-electron chi connectivity index (χ0n) is 19.4. The van der Waals surface area contributed by atoms with Crippen LogP contribution in [0.4, 0.5) is 5.69 Å². The summed E-state index contributed by atoms with van der Waals surface area (Å²) in [5.74, 6) is -6.30. The summed E-state index contributed by atoms with van der Waals surface area (Å²) in [4.78, 5) is 48.6. The summed E-state index contributed by atoms with van der Waals surface area (Å²) in [6, 6.07) is 7.50. The van der Waals surface area contributed by atoms with Gasteiger partial charge >= 0.3 is 0 Å². The number of ketones is 2. The van der Waals surface area contributed by atoms with Crippen molar-refractivity contribution in [2.24, 2.45) is 29.2 Å². The zero-order valence-corrected chi connectivity index (χ0v) is 19.4. The van der Waals surface area contributed by atoms with E-state index in [4.69, 9.17) is 11.5 Å². The number of carbonyl (C=O) groups is 3. The first-order chi connectivity index (χ1) is 17.5. The number of nitro groups is 1. The normalized spacial score (nSPS) is 22.9. The number of nitrogens with zero attached hydrogens (tertiary/aromatic N) is 1. The molecule has 3 aliphatic rings. The van der Waals surface area contributed by atoms with Crippen LogP contribution in [0.2, 0.25) is 0 Å². The number of rotatable bonds is 4. The van der Waals surface area contributed by atoms with E-state index in [0.29, 0.717) is 16.7 Å². The largest absolute Gasteiger partial charge is 0.511 e. The number of hydrogen-bond acceptors (Lipinski definition) is 9. The van der Waals surface area contributed by atoms with Gasteiger partial charge in [0, 0.05) is 36.2 Å². The maximum absolute atomic E-state index is 13.6. The SMILES string of the molecule is NCc1cc(-c2cccc([N+](=O)[O-])c2)c2c(c1O)C(O)=C1C(=O)C3C(O)=C(C(N)=O)C(=O)C[C@@H]3C[C@@H]1C2. The summed E-state index contributed by atoms with van der Waals surface area (Å²) in [6.45, 7) is -0.112. The highest BCUT2D eigenvalue weighted by Crippen LogP contribution is 2.52. The third kappa shape index (κ3) is 3.58. The second-order valence-corrected chi connectivity index (χ2v) is 9.55. The predicted octanol–water partition coefficient (Wildman–Crippen LogP) is 2.34. The highest BCUT2D eigenvalue weighted by Gasteiger charge is 2.51. The first-order valence-corrected chi connectivity index (χ1v) is 11.6. The van der Waals surface area contributed by atoms with Crippen molar-refractivity contribution in [3.63, 3.8) is 0 Å². The van der Waals surface area contributed by atoms with Gasteiger partial charge in [-0.2, -0.15) is 0 Å². The van der Waals surface area contributed by atoms with Crippen molar-refractivity contribution in [2.75, 3.05) is 0 Å². The number of fused-ring (bicyclic) bond motifs is 3. The van der Waals surface area contributed by atoms with Crippen LogP contribution in [-0.2, 0) is 27.3 Å². The number of benzene rings is 2. The molecule has 37 heavy (non-hydrogen) atoms. The van der Waals surface area contributed by atoms with E-state index >= 15 is 0 Å². The summed E-state index contributed by atoms with van der Waals surface area (Å²) in [7, 11) is 0. The Balaban J connectivity index is 1.72. The predicted molar refractivity (Wildman–Crippen MR) is 130 cm³/mol. The van der Waals surface area contributed by atoms with Crippen molar-refractivity contribution >= 4 is 28.9 Å². The van der Waals surface area contributed by atoms with Gasteiger partial charge in [-0.05, 0) is 47.4 Å². The topological polar surface area (TPSA) is 207 Å². The van der Waals surface area contributed by atoms with E-state index in [1.54, 1.807) is 12.1 Å². The highest BCUT2D eigenvalue weighted by atomic mass is 16.6. The van der Waals surface area contributed by atoms with Crippen LogP contribution in [0.3, 0.4) is 0 Å². The average Bonchev–Trinajstić information content (AvgIpc) is 2.83. The van der Waals surface area contributed by atoms with Crippen molar-refractivity contribution in [3.05, 3.63) is 74.0 Å². The Hall–Kier alpha value is -4.51. The second kappa shape index (κ2) is 8.56. The minimum Gasteiger partial charge on any atom is -0.511 e. The number of non-ortho nitro benzene ring substituents is 1. The lowest BCUT2D eigenvalue weighted by atomic mass is 9.61. The number of nitrogens with two attached hydrogens (primary N) is 2. The summed E-state index contributed by atoms with van der Waals surface area (Å²) < 4.78 is 0. The van der Waals surface area contributed by atoms with Crippen LogP contribution in [0.15, 0.2) is 47.2 Å². The number of aliphatic hydroxyl groups excluding tert-OH is 2. The van der Waals surface area contributed by atoms with Gasteiger partial charge < -0.3 is 26.8 Å². The Bertz CT molecular complexity index is 1490. The number of allylic oxidation sites excluding steroid dienone is 2. The molecule has 2 aromatic rings. The van der Waals surface area contributed by atoms with E-state index in [2.05, 4.69) is 0 Å². The molecule has 2 aromatic carbocycles. The van der Waals surface area contributed by atoms with Gasteiger partial charge in [0.15, 0.2) is 11.6 Å². The van der Waals surface area contributed by atoms with Crippen LogP contribution >= 0.6 is 0 Å². The molecule has 11 nitrogen and oxygen atoms in total. The summed E-state index contributed by atoms with van der Waals surface area (Å²) in [6.07, 6.45) is 0.261. The number of aliphatic hydroxyl groups is 2. The zero-order chi connectivity index (χ0) is 26.8. The summed E-state index contributed by atoms with van der Waals surface area (Å²) in [5.41, 5.74) is 12.0. The number of amides is 1. The fourth-order valence-corrected chi connectivity index (χ4v) is 5.96. The van der Waals surface area contributed by atoms with Crippen LogP contribution in [0.1, 0.15) is 29.5 Å². The molecule has 0 aromatic heterocycles. The van der Waals surface area contributed by atoms with E-state index in [1.807, 2.05) is 0 Å². The van der Waals surface area contributed by atoms with Gasteiger partial charge in [0.05, 0.1) is 16.4 Å². The molecule has 0 saturated heterocycles. The molecule has 190 valence electrons. The monoisotopic (exact) mass is 505 g/mol. The fraction of sp³-hybridized carbons (Fsp3) is 0.269. The maximum Gasteiger partial charge on any atom is 0.270 e. The Morgan fingerprint density at radius 2 is 1.86 bits per heavy atom. The van der Waals surface area contributed by atoms with Crippen molar-refractivity contribution in [1.29, 1.82) is 0 Å². The first kappa shape index (κ1) is 24.2. The molecular weight excluding hydrogens is 482 g/mol. The Labute approximate surface area is 209 Å². The average molecular weight is 505 g/mol. The first-order valence-electron chi connectivity index (χ1n) is 11.6. The fourth-order valence-electron chi connectivity index (χ4n) is 5.96. The molecule has 0 radical (unpaired) electrons. The molecule has 0 aliphatic heterocycles. The summed E-state index contributed by atoms with van der Waals surface area (Å²) >= 11 is 0. The molecular formula is C26H23N3O8. The number of carbonyl (C=O) groups excluding carboxylic acids is 3. The quantitative estimate of drug-likeness (QED) is 0.234. The van der Waals surface area contributed by atoms with Gasteiger partial charge in [-0.1, -0.05) is 12.1 Å². The standard InChI is InChI=1S/C26H23N3O8/c27-9-13-7-15(10-2-1-3-14(5-10)29(36)37)16-6-11-4-12-8-17(30)21(26(28)35)25(34)19(12)23(32)18(11)24(33)20(16)22(13)31/h1-3,5,7,11-12,19,31,33-34H,4,6,8-9,27H2,(H2,28,35)/t11-,12+,19?/m1/s1. The van der Waals surface area contributed by atoms with E-state index < -0.39 is 57.2 Å². The van der Waals surface area contributed by atoms with Crippen molar-refractivity contribution in [3.8, 4) is 16.9 Å². The third-order valence-corrected chi connectivity index (χ3v) is 7.56. The number of hydrogen-bond donors (Lipinski definition) is 5. The van der Waals surface area contributed by atoms with Crippen molar-refractivity contribution in [2.45, 2.75) is 25.8 Å². The molecule has 0 bridgehead atoms. The van der Waals surface area contributed by atoms with Crippen molar-refractivity contribution < 1.29 is 34.6 Å². The minimum atomic E-state index is -1.22. The lowest BCUT2D eigenvalue weighted by Crippen LogP contribution is -2.44. The number of aromatic hydroxyl groups is 1. The molecule has 11 heteroatoms. The third-order valence-electron chi connectivity index (χ3n) is 7.56. The molecule has 1 saturated carbocycles. The lowest BCUT2D eigenvalue weighted by Gasteiger charge is -2.41. The smallest absolute Gasteiger partial charge is 0.270 e. The Morgan fingerprint density at radius 1 is 1.14 bits per heavy atom. The van der Waals surface area contributed by atoms with Gasteiger partial charge in [0.2, 0.25) is 0 Å². The van der Waals surface area contributed by atoms with Crippen LogP contribution < -0.4 is 11.5 Å². The molecule has 1 unspecified atom stereocenters. The molecule has 1 amide bonds. The van der Waals surface area contributed by atoms with E-state index in [9.17, 15) is 39.8 Å². The molecule has 0 heterocycles. The van der Waals surface area contributed by atoms with Gasteiger partial charge in [0.1, 0.15) is 22.8 Å². The van der Waals surface area contributed by atoms with Gasteiger partial charge in [0.25, 0.3) is 11.6 Å². The number of nitro benzene ring substituents is 1. The maximum atomic E-state index is 13.6. The van der Waals surface area contributed by atoms with Crippen LogP contribution in [0, 0.1) is 27.9 Å². The molecule has 3 aliphatic carbocycles. The second-order valence-electron chi connectivity index (χ2n) is 9.55. The van der Waals surface area contributed by atoms with E-state index in [0.717, 1.165) is 0 Å². The molecule has 1 fully saturated rings. The molecule has 7 N–H and O–H groups in total. The Morgan fingerprint density at radius 3 is 2.51 bits per heavy atom. The van der Waals surface area contributed by atoms with Crippen LogP contribution in [0.5, 0.6) is 5.75 Å². The number of phenols is 1. The molecule has 3 atom stereocenters. The van der Waals surface area contributed by atoms with Crippen molar-refractivity contribution in [1.82, 2.24) is 0 Å². The van der Waals surface area contributed by atoms with Gasteiger partial charge in [-0.25, -0.2) is 0 Å². The highest BCUT2D eigenvalue weighted by molar-refractivity contribution is 6.21. The van der Waals surface area contributed by atoms with Crippen LogP contribution in [-0.4, -0.2) is 37.7 Å². The molecule has 0 spiro atoms. The van der Waals surface area contributed by atoms with Gasteiger partial charge in [-0.15, -0.1) is 0 Å². The number of phenolic OH excluding ortho intramolecular Hbond substituents is 1. The number of primary amides is 1. The van der Waals surface area contributed by atoms with Crippen LogP contribution in [0.25, 0.3) is 16.9 Å². The number of Topliss-reactive ketones (excluding diaryl/α,β-unsaturated/α-hetero) is 2. The molecule has 5 rings (SSSR count).